The van der Waals surface area contributed by atoms with Crippen LogP contribution in [0.4, 0.5) is 5.69 Å². The molecule has 0 radical (unpaired) electrons. The molecule has 22 heavy (non-hydrogen) atoms. The fourth-order valence-electron chi connectivity index (χ4n) is 2.17. The number of amides is 1. The first kappa shape index (κ1) is 13.7. The van der Waals surface area contributed by atoms with Gasteiger partial charge in [-0.15, -0.1) is 0 Å². The van der Waals surface area contributed by atoms with Crippen LogP contribution >= 0.6 is 0 Å². The van der Waals surface area contributed by atoms with Crippen LogP contribution in [-0.4, -0.2) is 20.4 Å². The van der Waals surface area contributed by atoms with Gasteiger partial charge in [-0.2, -0.15) is 5.10 Å². The first-order chi connectivity index (χ1) is 10.6. The second-order valence-electron chi connectivity index (χ2n) is 4.66. The highest BCUT2D eigenvalue weighted by atomic mass is 16.6. The third-order valence-corrected chi connectivity index (χ3v) is 3.20. The summed E-state index contributed by atoms with van der Waals surface area (Å²) >= 11 is 0. The van der Waals surface area contributed by atoms with Crippen LogP contribution in [0.15, 0.2) is 54.7 Å². The Balaban J connectivity index is 1.76. The number of fused-ring (bicyclic) bond motifs is 1. The van der Waals surface area contributed by atoms with Gasteiger partial charge in [-0.3, -0.25) is 14.9 Å². The molecular weight excluding hydrogens is 284 g/mol. The number of aromatic nitrogens is 2. The van der Waals surface area contributed by atoms with Crippen molar-refractivity contribution >= 4 is 17.1 Å². The number of nitrogens with one attached hydrogen (secondary N) is 1. The average Bonchev–Trinajstić information content (AvgIpc) is 2.95. The minimum Gasteiger partial charge on any atom is -0.346 e. The van der Waals surface area contributed by atoms with E-state index in [1.807, 2.05) is 30.5 Å². The molecule has 0 spiro atoms. The molecule has 2 heterocycles. The molecule has 3 aromatic rings. The molecule has 0 aliphatic rings. The van der Waals surface area contributed by atoms with Gasteiger partial charge in [-0.25, -0.2) is 4.52 Å². The van der Waals surface area contributed by atoms with Gasteiger partial charge >= 0.3 is 0 Å². The summed E-state index contributed by atoms with van der Waals surface area (Å²) < 4.78 is 1.70. The molecule has 0 aliphatic heterocycles. The number of nitro groups is 1. The third kappa shape index (κ3) is 2.64. The fourth-order valence-corrected chi connectivity index (χ4v) is 2.17. The molecule has 0 aliphatic carbocycles. The summed E-state index contributed by atoms with van der Waals surface area (Å²) in [5, 5.41) is 17.9. The van der Waals surface area contributed by atoms with Crippen molar-refractivity contribution in [2.75, 3.05) is 0 Å². The maximum Gasteiger partial charge on any atom is 0.282 e. The topological polar surface area (TPSA) is 89.5 Å². The molecule has 7 nitrogen and oxygen atoms in total. The number of pyridine rings is 1. The van der Waals surface area contributed by atoms with Crippen molar-refractivity contribution in [2.45, 2.75) is 6.54 Å². The van der Waals surface area contributed by atoms with Gasteiger partial charge in [0.1, 0.15) is 5.56 Å². The number of nitro benzene ring substituents is 1. The lowest BCUT2D eigenvalue weighted by Crippen LogP contribution is -2.23. The molecule has 0 bridgehead atoms. The Bertz CT molecular complexity index is 824. The largest absolute Gasteiger partial charge is 0.346 e. The van der Waals surface area contributed by atoms with Crippen molar-refractivity contribution in [3.05, 3.63) is 76.1 Å². The van der Waals surface area contributed by atoms with Crippen LogP contribution in [0.25, 0.3) is 5.52 Å². The first-order valence-corrected chi connectivity index (χ1v) is 6.60. The van der Waals surface area contributed by atoms with Gasteiger partial charge in [0.05, 0.1) is 22.7 Å². The summed E-state index contributed by atoms with van der Waals surface area (Å²) in [6, 6.07) is 13.4. The van der Waals surface area contributed by atoms with E-state index < -0.39 is 10.8 Å². The van der Waals surface area contributed by atoms with Crippen LogP contribution in [0.3, 0.4) is 0 Å². The molecule has 0 atom stereocenters. The second-order valence-corrected chi connectivity index (χ2v) is 4.66. The molecule has 0 saturated carbocycles. The van der Waals surface area contributed by atoms with Gasteiger partial charge in [-0.1, -0.05) is 18.2 Å². The van der Waals surface area contributed by atoms with Crippen molar-refractivity contribution in [3.8, 4) is 0 Å². The van der Waals surface area contributed by atoms with Crippen LogP contribution in [0, 0.1) is 10.1 Å². The fraction of sp³-hybridized carbons (Fsp3) is 0.0667. The minimum absolute atomic E-state index is 0.0382. The van der Waals surface area contributed by atoms with Gasteiger partial charge < -0.3 is 5.32 Å². The molecule has 2 aromatic heterocycles. The third-order valence-electron chi connectivity index (χ3n) is 3.20. The average molecular weight is 296 g/mol. The summed E-state index contributed by atoms with van der Waals surface area (Å²) in [6.45, 7) is 0.201. The Hall–Kier alpha value is -3.22. The van der Waals surface area contributed by atoms with E-state index in [1.165, 1.54) is 18.2 Å². The number of benzene rings is 1. The van der Waals surface area contributed by atoms with Gasteiger partial charge in [-0.05, 0) is 24.3 Å². The van der Waals surface area contributed by atoms with E-state index in [2.05, 4.69) is 10.4 Å². The predicted molar refractivity (Wildman–Crippen MR) is 79.5 cm³/mol. The highest BCUT2D eigenvalue weighted by molar-refractivity contribution is 5.98. The van der Waals surface area contributed by atoms with Crippen molar-refractivity contribution in [1.82, 2.24) is 14.9 Å². The van der Waals surface area contributed by atoms with E-state index in [-0.39, 0.29) is 17.8 Å². The molecule has 1 amide bonds. The van der Waals surface area contributed by atoms with Crippen molar-refractivity contribution < 1.29 is 9.72 Å². The summed E-state index contributed by atoms with van der Waals surface area (Å²) in [5.74, 6) is -0.496. The van der Waals surface area contributed by atoms with Gasteiger partial charge in [0.2, 0.25) is 0 Å². The van der Waals surface area contributed by atoms with E-state index in [0.29, 0.717) is 5.69 Å². The first-order valence-electron chi connectivity index (χ1n) is 6.60. The van der Waals surface area contributed by atoms with Crippen molar-refractivity contribution in [2.24, 2.45) is 0 Å². The van der Waals surface area contributed by atoms with Crippen LogP contribution < -0.4 is 5.32 Å². The Labute approximate surface area is 125 Å². The monoisotopic (exact) mass is 296 g/mol. The number of nitrogens with zero attached hydrogens (tertiary/aromatic N) is 3. The summed E-state index contributed by atoms with van der Waals surface area (Å²) in [5.41, 5.74) is 1.42. The number of hydrogen-bond donors (Lipinski definition) is 1. The lowest BCUT2D eigenvalue weighted by atomic mass is 10.1. The molecule has 7 heteroatoms. The van der Waals surface area contributed by atoms with Gasteiger partial charge in [0, 0.05) is 12.3 Å². The highest BCUT2D eigenvalue weighted by Gasteiger charge is 2.18. The quantitative estimate of drug-likeness (QED) is 0.590. The van der Waals surface area contributed by atoms with Crippen LogP contribution in [-0.2, 0) is 6.54 Å². The molecule has 0 unspecified atom stereocenters. The number of rotatable bonds is 4. The number of carbonyl (C=O) groups is 1. The van der Waals surface area contributed by atoms with E-state index in [9.17, 15) is 14.9 Å². The van der Waals surface area contributed by atoms with Gasteiger partial charge in [0.15, 0.2) is 0 Å². The second kappa shape index (κ2) is 5.65. The molecular formula is C15H12N4O3. The zero-order chi connectivity index (χ0) is 15.5. The van der Waals surface area contributed by atoms with Crippen molar-refractivity contribution in [1.29, 1.82) is 0 Å². The van der Waals surface area contributed by atoms with E-state index in [0.717, 1.165) is 5.52 Å². The lowest BCUT2D eigenvalue weighted by molar-refractivity contribution is -0.385. The zero-order valence-electron chi connectivity index (χ0n) is 11.5. The van der Waals surface area contributed by atoms with E-state index in [4.69, 9.17) is 0 Å². The van der Waals surface area contributed by atoms with Crippen LogP contribution in [0.5, 0.6) is 0 Å². The van der Waals surface area contributed by atoms with Gasteiger partial charge in [0.25, 0.3) is 11.6 Å². The lowest BCUT2D eigenvalue weighted by Gasteiger charge is -2.03. The zero-order valence-corrected chi connectivity index (χ0v) is 11.5. The molecule has 110 valence electrons. The Morgan fingerprint density at radius 3 is 2.77 bits per heavy atom. The number of hydrogen-bond acceptors (Lipinski definition) is 4. The maximum absolute atomic E-state index is 12.1. The number of carbonyl (C=O) groups excluding carboxylic acids is 1. The smallest absolute Gasteiger partial charge is 0.282 e. The van der Waals surface area contributed by atoms with Crippen LogP contribution in [0.1, 0.15) is 16.1 Å². The van der Waals surface area contributed by atoms with Crippen molar-refractivity contribution in [3.63, 3.8) is 0 Å². The maximum atomic E-state index is 12.1. The predicted octanol–water partition coefficient (Wildman–Crippen LogP) is 2.17. The molecule has 0 fully saturated rings. The highest BCUT2D eigenvalue weighted by Crippen LogP contribution is 2.17. The Kier molecular flexibility index (Phi) is 3.53. The standard InChI is InChI=1S/C15H12N4O3/c20-15(13-6-1-2-7-14(13)19(21)22)16-10-11-9-12-5-3-4-8-18(12)17-11/h1-9H,10H2,(H,16,20). The summed E-state index contributed by atoms with van der Waals surface area (Å²) in [7, 11) is 0. The Morgan fingerprint density at radius 2 is 2.00 bits per heavy atom. The summed E-state index contributed by atoms with van der Waals surface area (Å²) in [4.78, 5) is 22.5. The number of para-hydroxylation sites is 1. The normalized spacial score (nSPS) is 10.5. The molecule has 1 N–H and O–H groups in total. The SMILES string of the molecule is O=C(NCc1cc2ccccn2n1)c1ccccc1[N+](=O)[O-]. The summed E-state index contributed by atoms with van der Waals surface area (Å²) in [6.07, 6.45) is 1.81. The molecule has 3 rings (SSSR count). The van der Waals surface area contributed by atoms with E-state index in [1.54, 1.807) is 10.6 Å². The van der Waals surface area contributed by atoms with E-state index >= 15 is 0 Å². The molecule has 0 saturated heterocycles. The molecule has 1 aromatic carbocycles. The minimum atomic E-state index is -0.570. The Morgan fingerprint density at radius 1 is 1.23 bits per heavy atom. The van der Waals surface area contributed by atoms with Crippen LogP contribution in [0.2, 0.25) is 0 Å².